The van der Waals surface area contributed by atoms with E-state index in [1.807, 2.05) is 62.4 Å². The van der Waals surface area contributed by atoms with Crippen LogP contribution in [0.2, 0.25) is 15.1 Å². The summed E-state index contributed by atoms with van der Waals surface area (Å²) < 4.78 is 31.5. The number of nitrogens with one attached hydrogen (secondary N) is 1. The van der Waals surface area contributed by atoms with Crippen LogP contribution in [0.1, 0.15) is 44.4 Å². The van der Waals surface area contributed by atoms with Gasteiger partial charge in [-0.05, 0) is 62.2 Å². The zero-order valence-electron chi connectivity index (χ0n) is 20.4. The highest BCUT2D eigenvalue weighted by Crippen LogP contribution is 2.48. The van der Waals surface area contributed by atoms with Crippen molar-refractivity contribution in [2.75, 3.05) is 12.4 Å². The number of halogens is 3. The molecule has 0 radical (unpaired) electrons. The zero-order valence-corrected chi connectivity index (χ0v) is 23.5. The van der Waals surface area contributed by atoms with E-state index in [0.29, 0.717) is 33.8 Å². The van der Waals surface area contributed by atoms with E-state index in [1.165, 1.54) is 0 Å². The van der Waals surface area contributed by atoms with E-state index < -0.39 is 20.9 Å². The van der Waals surface area contributed by atoms with E-state index in [0.717, 1.165) is 11.1 Å². The van der Waals surface area contributed by atoms with E-state index in [1.54, 1.807) is 19.1 Å². The maximum atomic E-state index is 12.8. The Hall–Kier alpha value is -2.25. The summed E-state index contributed by atoms with van der Waals surface area (Å²) >= 11 is 18.8. The van der Waals surface area contributed by atoms with Crippen molar-refractivity contribution in [3.8, 4) is 5.75 Å². The Bertz CT molecular complexity index is 1420. The molecule has 0 spiro atoms. The van der Waals surface area contributed by atoms with Crippen molar-refractivity contribution in [1.29, 1.82) is 0 Å². The van der Waals surface area contributed by atoms with Gasteiger partial charge in [0.15, 0.2) is 9.84 Å². The van der Waals surface area contributed by atoms with Crippen molar-refractivity contribution in [2.45, 2.75) is 43.7 Å². The van der Waals surface area contributed by atoms with Gasteiger partial charge in [-0.15, -0.1) is 0 Å². The molecule has 0 aliphatic carbocycles. The third kappa shape index (κ3) is 4.60. The Labute approximate surface area is 227 Å². The number of ether oxygens (including phenoxy) is 1. The second-order valence-corrected chi connectivity index (χ2v) is 12.4. The van der Waals surface area contributed by atoms with Crippen LogP contribution in [-0.2, 0) is 20.9 Å². The minimum atomic E-state index is -3.58. The fourth-order valence-electron chi connectivity index (χ4n) is 4.50. The van der Waals surface area contributed by atoms with Crippen LogP contribution in [0.15, 0.2) is 70.6 Å². The molecule has 3 aromatic rings. The average molecular weight is 566 g/mol. The van der Waals surface area contributed by atoms with Crippen LogP contribution in [0, 0.1) is 0 Å². The Morgan fingerprint density at radius 2 is 1.44 bits per heavy atom. The molecule has 4 rings (SSSR count). The van der Waals surface area contributed by atoms with E-state index in [4.69, 9.17) is 44.5 Å². The fraction of sp³-hybridized carbons (Fsp3) is 0.296. The van der Waals surface area contributed by atoms with Crippen molar-refractivity contribution in [3.05, 3.63) is 92.4 Å². The van der Waals surface area contributed by atoms with Crippen LogP contribution in [0.4, 0.5) is 0 Å². The molecule has 0 aromatic heterocycles. The second kappa shape index (κ2) is 9.90. The molecule has 1 aliphatic heterocycles. The topological polar surface area (TPSA) is 67.8 Å². The normalized spacial score (nSPS) is 21.7. The molecule has 0 unspecified atom stereocenters. The van der Waals surface area contributed by atoms with Gasteiger partial charge in [0, 0.05) is 16.1 Å². The summed E-state index contributed by atoms with van der Waals surface area (Å²) in [6, 6.07) is 18.2. The highest BCUT2D eigenvalue weighted by atomic mass is 35.5. The molecule has 36 heavy (non-hydrogen) atoms. The molecule has 0 bridgehead atoms. The van der Waals surface area contributed by atoms with Crippen LogP contribution in [-0.4, -0.2) is 26.6 Å². The lowest BCUT2D eigenvalue weighted by atomic mass is 9.72. The summed E-state index contributed by atoms with van der Waals surface area (Å²) in [5.74, 6) is 0.866. The van der Waals surface area contributed by atoms with Gasteiger partial charge in [0.1, 0.15) is 17.1 Å². The number of hydrogen-bond donors (Lipinski definition) is 1. The first-order valence-electron chi connectivity index (χ1n) is 11.5. The number of benzene rings is 3. The molecule has 3 aromatic carbocycles. The average Bonchev–Trinajstić information content (AvgIpc) is 3.12. The summed E-state index contributed by atoms with van der Waals surface area (Å²) in [5, 5.41) is 4.96. The molecule has 9 heteroatoms. The van der Waals surface area contributed by atoms with Gasteiger partial charge in [-0.1, -0.05) is 66.0 Å². The molecule has 0 amide bonds. The lowest BCUT2D eigenvalue weighted by molar-refractivity contribution is 0.268. The summed E-state index contributed by atoms with van der Waals surface area (Å²) in [5.41, 5.74) is 0.879. The van der Waals surface area contributed by atoms with Crippen LogP contribution in [0.25, 0.3) is 0 Å². The summed E-state index contributed by atoms with van der Waals surface area (Å²) in [4.78, 5) is 5.22. The monoisotopic (exact) mass is 564 g/mol. The second-order valence-electron chi connectivity index (χ2n) is 8.91. The van der Waals surface area contributed by atoms with Gasteiger partial charge in [-0.25, -0.2) is 8.42 Å². The van der Waals surface area contributed by atoms with Gasteiger partial charge in [0.2, 0.25) is 0 Å². The first-order valence-corrected chi connectivity index (χ1v) is 14.3. The highest BCUT2D eigenvalue weighted by molar-refractivity contribution is 7.91. The summed E-state index contributed by atoms with van der Waals surface area (Å²) in [7, 11) is -3.58. The Morgan fingerprint density at radius 1 is 0.889 bits per heavy atom. The number of amidine groups is 1. The molecule has 1 heterocycles. The molecule has 0 saturated carbocycles. The third-order valence-corrected chi connectivity index (χ3v) is 9.51. The van der Waals surface area contributed by atoms with E-state index in [9.17, 15) is 8.42 Å². The van der Waals surface area contributed by atoms with Gasteiger partial charge < -0.3 is 10.1 Å². The van der Waals surface area contributed by atoms with Crippen LogP contribution < -0.4 is 10.1 Å². The van der Waals surface area contributed by atoms with Crippen molar-refractivity contribution >= 4 is 50.5 Å². The molecule has 1 N–H and O–H groups in total. The maximum absolute atomic E-state index is 12.8. The van der Waals surface area contributed by atoms with Gasteiger partial charge in [-0.2, -0.15) is 0 Å². The number of hydrogen-bond acceptors (Lipinski definition) is 5. The Kier molecular flexibility index (Phi) is 7.37. The lowest BCUT2D eigenvalue weighted by Gasteiger charge is -2.40. The SMILES string of the molecule is CCOc1cc(Cl)c(S(=O)(=O)CC)cc1C1=N[C@](C)(c2ccc(Cl)cc2)[C@](C)(c2ccc(Cl)cc2)N1. The zero-order chi connectivity index (χ0) is 26.3. The minimum Gasteiger partial charge on any atom is -0.493 e. The number of sulfone groups is 1. The number of rotatable bonds is 7. The van der Waals surface area contributed by atoms with Crippen LogP contribution in [0.5, 0.6) is 5.75 Å². The number of nitrogens with zero attached hydrogens (tertiary/aromatic N) is 1. The van der Waals surface area contributed by atoms with E-state index >= 15 is 0 Å². The van der Waals surface area contributed by atoms with Gasteiger partial charge >= 0.3 is 0 Å². The standard InChI is InChI=1S/C27H27Cl3N2O3S/c1-5-35-23-16-22(30)24(36(33,34)6-2)15-21(23)25-31-26(3,17-7-11-19(28)12-8-17)27(4,32-25)18-9-13-20(29)14-10-18/h7-16H,5-6H2,1-4H3,(H,31,32)/t26-,27+. The van der Waals surface area contributed by atoms with Gasteiger partial charge in [0.05, 0.1) is 33.4 Å². The molecule has 0 fully saturated rings. The molecular weight excluding hydrogens is 539 g/mol. The predicted octanol–water partition coefficient (Wildman–Crippen LogP) is 7.02. The smallest absolute Gasteiger partial charge is 0.179 e. The van der Waals surface area contributed by atoms with Crippen LogP contribution in [0.3, 0.4) is 0 Å². The molecule has 0 saturated heterocycles. The van der Waals surface area contributed by atoms with Gasteiger partial charge in [0.25, 0.3) is 0 Å². The van der Waals surface area contributed by atoms with Crippen molar-refractivity contribution in [3.63, 3.8) is 0 Å². The predicted molar refractivity (Wildman–Crippen MR) is 148 cm³/mol. The number of aliphatic imine (C=N–C) groups is 1. The van der Waals surface area contributed by atoms with E-state index in [-0.39, 0.29) is 15.7 Å². The fourth-order valence-corrected chi connectivity index (χ4v) is 6.23. The molecule has 1 aliphatic rings. The Balaban J connectivity index is 1.97. The van der Waals surface area contributed by atoms with E-state index in [2.05, 4.69) is 12.2 Å². The lowest BCUT2D eigenvalue weighted by Crippen LogP contribution is -2.50. The quantitative estimate of drug-likeness (QED) is 0.334. The molecular formula is C27H27Cl3N2O3S. The molecule has 190 valence electrons. The molecule has 2 atom stereocenters. The van der Waals surface area contributed by atoms with Crippen molar-refractivity contribution in [2.24, 2.45) is 4.99 Å². The minimum absolute atomic E-state index is 0.0444. The first-order chi connectivity index (χ1) is 16.9. The van der Waals surface area contributed by atoms with Crippen LogP contribution >= 0.6 is 34.8 Å². The first kappa shape index (κ1) is 26.8. The third-order valence-electron chi connectivity index (χ3n) is 6.81. The Morgan fingerprint density at radius 3 is 1.97 bits per heavy atom. The maximum Gasteiger partial charge on any atom is 0.179 e. The molecule has 5 nitrogen and oxygen atoms in total. The van der Waals surface area contributed by atoms with Crippen molar-refractivity contribution < 1.29 is 13.2 Å². The largest absolute Gasteiger partial charge is 0.493 e. The summed E-state index contributed by atoms with van der Waals surface area (Å²) in [6.07, 6.45) is 0. The summed E-state index contributed by atoms with van der Waals surface area (Å²) in [6.45, 7) is 7.90. The highest BCUT2D eigenvalue weighted by Gasteiger charge is 2.52. The van der Waals surface area contributed by atoms with Crippen molar-refractivity contribution in [1.82, 2.24) is 5.32 Å². The van der Waals surface area contributed by atoms with Gasteiger partial charge in [-0.3, -0.25) is 4.99 Å².